The van der Waals surface area contributed by atoms with Crippen LogP contribution < -0.4 is 10.1 Å². The molecule has 2 rings (SSSR count). The molecule has 0 saturated heterocycles. The molecular weight excluding hydrogens is 196 g/mol. The molecule has 0 spiro atoms. The second kappa shape index (κ2) is 4.16. The number of nitrogens with zero attached hydrogens (tertiary/aromatic N) is 1. The molecule has 0 atom stereocenters. The van der Waals surface area contributed by atoms with Gasteiger partial charge in [-0.3, -0.25) is 10.1 Å². The summed E-state index contributed by atoms with van der Waals surface area (Å²) < 4.78 is 5.48. The Morgan fingerprint density at radius 2 is 2.27 bits per heavy atom. The number of fused-ring (bicyclic) bond motifs is 1. The van der Waals surface area contributed by atoms with Crippen molar-refractivity contribution in [2.75, 3.05) is 18.5 Å². The first kappa shape index (κ1) is 9.76. The van der Waals surface area contributed by atoms with E-state index in [0.717, 1.165) is 19.4 Å². The van der Waals surface area contributed by atoms with Gasteiger partial charge in [-0.05, 0) is 18.9 Å². The Morgan fingerprint density at radius 1 is 1.40 bits per heavy atom. The second-order valence-corrected chi connectivity index (χ2v) is 3.42. The number of rotatable bonds is 1. The van der Waals surface area contributed by atoms with Crippen LogP contribution >= 0.6 is 0 Å². The van der Waals surface area contributed by atoms with Crippen LogP contribution in [0.15, 0.2) is 18.2 Å². The van der Waals surface area contributed by atoms with Crippen LogP contribution in [0.2, 0.25) is 0 Å². The predicted octanol–water partition coefficient (Wildman–Crippen LogP) is 2.18. The van der Waals surface area contributed by atoms with Crippen molar-refractivity contribution >= 4 is 11.4 Å². The molecule has 0 radical (unpaired) electrons. The minimum Gasteiger partial charge on any atom is -0.491 e. The highest BCUT2D eigenvalue weighted by atomic mass is 16.6. The molecule has 1 N–H and O–H groups in total. The lowest BCUT2D eigenvalue weighted by Crippen LogP contribution is -2.10. The predicted molar refractivity (Wildman–Crippen MR) is 56.3 cm³/mol. The first-order valence-electron chi connectivity index (χ1n) is 4.92. The van der Waals surface area contributed by atoms with Crippen molar-refractivity contribution in [3.8, 4) is 5.75 Å². The SMILES string of the molecule is O=[N+]([O-])c1ccc2c(c1)NCCCCO2. The number of nitrogens with one attached hydrogen (secondary N) is 1. The largest absolute Gasteiger partial charge is 0.491 e. The molecule has 80 valence electrons. The van der Waals surface area contributed by atoms with Crippen molar-refractivity contribution in [3.63, 3.8) is 0 Å². The van der Waals surface area contributed by atoms with E-state index in [1.54, 1.807) is 6.07 Å². The number of hydrogen-bond acceptors (Lipinski definition) is 4. The van der Waals surface area contributed by atoms with Crippen LogP contribution in [0.5, 0.6) is 5.75 Å². The summed E-state index contributed by atoms with van der Waals surface area (Å²) in [5, 5.41) is 13.7. The molecule has 1 aliphatic rings. The van der Waals surface area contributed by atoms with Crippen molar-refractivity contribution in [1.29, 1.82) is 0 Å². The van der Waals surface area contributed by atoms with Crippen LogP contribution in [0.1, 0.15) is 12.8 Å². The van der Waals surface area contributed by atoms with Crippen molar-refractivity contribution in [2.24, 2.45) is 0 Å². The maximum Gasteiger partial charge on any atom is 0.271 e. The summed E-state index contributed by atoms with van der Waals surface area (Å²) in [7, 11) is 0. The minimum atomic E-state index is -0.402. The monoisotopic (exact) mass is 208 g/mol. The fourth-order valence-electron chi connectivity index (χ4n) is 1.53. The van der Waals surface area contributed by atoms with E-state index < -0.39 is 4.92 Å². The lowest BCUT2D eigenvalue weighted by molar-refractivity contribution is -0.384. The quantitative estimate of drug-likeness (QED) is 0.567. The molecule has 0 amide bonds. The molecule has 0 unspecified atom stereocenters. The molecule has 1 aromatic carbocycles. The topological polar surface area (TPSA) is 64.4 Å². The van der Waals surface area contributed by atoms with Crippen molar-refractivity contribution in [1.82, 2.24) is 0 Å². The molecule has 0 bridgehead atoms. The van der Waals surface area contributed by atoms with Crippen LogP contribution in [0, 0.1) is 10.1 Å². The number of hydrogen-bond donors (Lipinski definition) is 1. The van der Waals surface area contributed by atoms with Gasteiger partial charge in [0.25, 0.3) is 5.69 Å². The third-order valence-corrected chi connectivity index (χ3v) is 2.32. The summed E-state index contributed by atoms with van der Waals surface area (Å²) in [4.78, 5) is 10.2. The zero-order chi connectivity index (χ0) is 10.7. The Morgan fingerprint density at radius 3 is 3.07 bits per heavy atom. The lowest BCUT2D eigenvalue weighted by Gasteiger charge is -2.16. The summed E-state index contributed by atoms with van der Waals surface area (Å²) in [6, 6.07) is 4.62. The van der Waals surface area contributed by atoms with Gasteiger partial charge in [-0.15, -0.1) is 0 Å². The van der Waals surface area contributed by atoms with Gasteiger partial charge < -0.3 is 10.1 Å². The molecule has 15 heavy (non-hydrogen) atoms. The molecule has 0 aliphatic carbocycles. The molecule has 0 saturated carbocycles. The first-order valence-corrected chi connectivity index (χ1v) is 4.92. The average Bonchev–Trinajstić information content (AvgIpc) is 2.18. The van der Waals surface area contributed by atoms with Crippen LogP contribution in [0.4, 0.5) is 11.4 Å². The molecule has 5 nitrogen and oxygen atoms in total. The van der Waals surface area contributed by atoms with Gasteiger partial charge in [-0.1, -0.05) is 0 Å². The Kier molecular flexibility index (Phi) is 2.71. The molecule has 5 heteroatoms. The van der Waals surface area contributed by atoms with Crippen LogP contribution in [0.3, 0.4) is 0 Å². The molecule has 0 fully saturated rings. The van der Waals surface area contributed by atoms with Crippen molar-refractivity contribution in [3.05, 3.63) is 28.3 Å². The Labute approximate surface area is 87.2 Å². The highest BCUT2D eigenvalue weighted by molar-refractivity contribution is 5.61. The van der Waals surface area contributed by atoms with E-state index in [1.807, 2.05) is 0 Å². The maximum atomic E-state index is 10.6. The summed E-state index contributed by atoms with van der Waals surface area (Å²) in [6.07, 6.45) is 2.02. The molecule has 1 aromatic rings. The number of nitro benzene ring substituents is 1. The van der Waals surface area contributed by atoms with E-state index in [-0.39, 0.29) is 5.69 Å². The maximum absolute atomic E-state index is 10.6. The van der Waals surface area contributed by atoms with Gasteiger partial charge in [-0.2, -0.15) is 0 Å². The normalized spacial score (nSPS) is 15.2. The highest BCUT2D eigenvalue weighted by Gasteiger charge is 2.12. The highest BCUT2D eigenvalue weighted by Crippen LogP contribution is 2.30. The average molecular weight is 208 g/mol. The standard InChI is InChI=1S/C10H12N2O3/c13-12(14)8-3-4-10-9(7-8)11-5-1-2-6-15-10/h3-4,7,11H,1-2,5-6H2. The second-order valence-electron chi connectivity index (χ2n) is 3.42. The zero-order valence-corrected chi connectivity index (χ0v) is 8.23. The van der Waals surface area contributed by atoms with Gasteiger partial charge in [-0.25, -0.2) is 0 Å². The van der Waals surface area contributed by atoms with Gasteiger partial charge in [0, 0.05) is 18.7 Å². The Hall–Kier alpha value is -1.78. The van der Waals surface area contributed by atoms with Gasteiger partial charge >= 0.3 is 0 Å². The fourth-order valence-corrected chi connectivity index (χ4v) is 1.53. The zero-order valence-electron chi connectivity index (χ0n) is 8.23. The molecule has 1 aliphatic heterocycles. The number of anilines is 1. The smallest absolute Gasteiger partial charge is 0.271 e. The van der Waals surface area contributed by atoms with Gasteiger partial charge in [0.15, 0.2) is 0 Å². The van der Waals surface area contributed by atoms with Crippen LogP contribution in [-0.4, -0.2) is 18.1 Å². The van der Waals surface area contributed by atoms with E-state index in [4.69, 9.17) is 4.74 Å². The lowest BCUT2D eigenvalue weighted by atomic mass is 10.2. The first-order chi connectivity index (χ1) is 7.27. The van der Waals surface area contributed by atoms with Crippen molar-refractivity contribution < 1.29 is 9.66 Å². The molecule has 1 heterocycles. The van der Waals surface area contributed by atoms with E-state index in [2.05, 4.69) is 5.32 Å². The van der Waals surface area contributed by atoms with Gasteiger partial charge in [0.2, 0.25) is 0 Å². The van der Waals surface area contributed by atoms with Crippen LogP contribution in [0.25, 0.3) is 0 Å². The minimum absolute atomic E-state index is 0.0884. The van der Waals surface area contributed by atoms with Crippen molar-refractivity contribution in [2.45, 2.75) is 12.8 Å². The number of nitro groups is 1. The summed E-state index contributed by atoms with van der Waals surface area (Å²) in [5.74, 6) is 0.695. The number of non-ortho nitro benzene ring substituents is 1. The Balaban J connectivity index is 2.31. The van der Waals surface area contributed by atoms with Gasteiger partial charge in [0.1, 0.15) is 5.75 Å². The molecular formula is C10H12N2O3. The van der Waals surface area contributed by atoms with Crippen LogP contribution in [-0.2, 0) is 0 Å². The molecule has 0 aromatic heterocycles. The van der Waals surface area contributed by atoms with E-state index in [0.29, 0.717) is 18.0 Å². The third kappa shape index (κ3) is 2.18. The summed E-state index contributed by atoms with van der Waals surface area (Å²) in [6.45, 7) is 1.50. The van der Waals surface area contributed by atoms with Gasteiger partial charge in [0.05, 0.1) is 17.2 Å². The van der Waals surface area contributed by atoms with E-state index >= 15 is 0 Å². The van der Waals surface area contributed by atoms with E-state index in [9.17, 15) is 10.1 Å². The number of ether oxygens (including phenoxy) is 1. The Bertz CT molecular complexity index is 379. The summed E-state index contributed by atoms with van der Waals surface area (Å²) in [5.41, 5.74) is 0.800. The number of benzene rings is 1. The van der Waals surface area contributed by atoms with E-state index in [1.165, 1.54) is 12.1 Å². The summed E-state index contributed by atoms with van der Waals surface area (Å²) >= 11 is 0. The third-order valence-electron chi connectivity index (χ3n) is 2.32. The fraction of sp³-hybridized carbons (Fsp3) is 0.400.